The van der Waals surface area contributed by atoms with Crippen LogP contribution in [0.25, 0.3) is 10.8 Å². The number of halogens is 1. The van der Waals surface area contributed by atoms with E-state index in [1.165, 1.54) is 6.07 Å². The van der Waals surface area contributed by atoms with E-state index in [4.69, 9.17) is 16.3 Å². The number of amides is 1. The highest BCUT2D eigenvalue weighted by Gasteiger charge is 2.48. The lowest BCUT2D eigenvalue weighted by Crippen LogP contribution is -2.42. The Balaban J connectivity index is 0.00000169. The topological polar surface area (TPSA) is 92.4 Å². The Morgan fingerprint density at radius 3 is 2.36 bits per heavy atom. The Hall–Kier alpha value is -3.47. The fourth-order valence-corrected chi connectivity index (χ4v) is 5.37. The maximum Gasteiger partial charge on any atom is 0.250 e. The molecule has 3 aromatic rings. The molecule has 0 spiro atoms. The molecule has 8 heteroatoms. The summed E-state index contributed by atoms with van der Waals surface area (Å²) in [5.74, 6) is -0.848. The smallest absolute Gasteiger partial charge is 0.250 e. The third kappa shape index (κ3) is 8.30. The van der Waals surface area contributed by atoms with Gasteiger partial charge in [0.2, 0.25) is 5.91 Å². The Bertz CT molecular complexity index is 1450. The first-order valence-corrected chi connectivity index (χ1v) is 14.7. The molecule has 228 valence electrons. The predicted octanol–water partition coefficient (Wildman–Crippen LogP) is 7.80. The maximum absolute atomic E-state index is 13.3. The Morgan fingerprint density at radius 1 is 1.10 bits per heavy atom. The highest BCUT2D eigenvalue weighted by Crippen LogP contribution is 2.44. The number of aryl methyl sites for hydroxylation is 1. The summed E-state index contributed by atoms with van der Waals surface area (Å²) in [5, 5.41) is 11.5. The summed E-state index contributed by atoms with van der Waals surface area (Å²) in [6, 6.07) is 16.1. The number of anilines is 1. The van der Waals surface area contributed by atoms with Crippen LogP contribution < -0.4 is 10.5 Å². The molecule has 4 rings (SSSR count). The predicted molar refractivity (Wildman–Crippen MR) is 173 cm³/mol. The van der Waals surface area contributed by atoms with Crippen molar-refractivity contribution >= 4 is 40.3 Å². The van der Waals surface area contributed by atoms with Gasteiger partial charge in [0, 0.05) is 43.0 Å². The number of benzene rings is 2. The number of aromatic nitrogens is 1. The Kier molecular flexibility index (Phi) is 14.1. The van der Waals surface area contributed by atoms with E-state index >= 15 is 0 Å². The summed E-state index contributed by atoms with van der Waals surface area (Å²) in [5.41, 5.74) is -0.270. The van der Waals surface area contributed by atoms with Gasteiger partial charge in [-0.25, -0.2) is 0 Å². The molecule has 2 heterocycles. The summed E-state index contributed by atoms with van der Waals surface area (Å²) in [6.45, 7) is 12.3. The second-order valence-electron chi connectivity index (χ2n) is 10.2. The van der Waals surface area contributed by atoms with Crippen molar-refractivity contribution in [3.63, 3.8) is 0 Å². The lowest BCUT2D eigenvalue weighted by Gasteiger charge is -2.35. The van der Waals surface area contributed by atoms with E-state index in [-0.39, 0.29) is 25.3 Å². The van der Waals surface area contributed by atoms with E-state index in [1.54, 1.807) is 40.9 Å². The molecule has 3 unspecified atom stereocenters. The number of hydrogen-bond donors (Lipinski definition) is 0. The quantitative estimate of drug-likeness (QED) is 0.248. The van der Waals surface area contributed by atoms with Crippen LogP contribution in [0.15, 0.2) is 59.5 Å². The fraction of sp³-hybridized carbons (Fsp3) is 0.471. The molecule has 7 nitrogen and oxygen atoms in total. The lowest BCUT2D eigenvalue weighted by molar-refractivity contribution is -0.142. The van der Waals surface area contributed by atoms with Gasteiger partial charge in [0.15, 0.2) is 0 Å². The van der Waals surface area contributed by atoms with E-state index in [2.05, 4.69) is 6.07 Å². The molecule has 1 aromatic heterocycles. The minimum Gasteiger partial charge on any atom is -0.368 e. The normalized spacial score (nSPS) is 19.6. The average molecular weight is 596 g/mol. The number of aldehydes is 1. The van der Waals surface area contributed by atoms with Gasteiger partial charge in [-0.3, -0.25) is 9.59 Å². The molecule has 1 aliphatic rings. The maximum atomic E-state index is 13.3. The number of hydrogen-bond acceptors (Lipinski definition) is 5. The summed E-state index contributed by atoms with van der Waals surface area (Å²) in [4.78, 5) is 39.2. The van der Waals surface area contributed by atoms with Crippen molar-refractivity contribution in [3.05, 3.63) is 75.7 Å². The number of nitriles is 1. The molecule has 42 heavy (non-hydrogen) atoms. The van der Waals surface area contributed by atoms with Gasteiger partial charge < -0.3 is 19.0 Å². The van der Waals surface area contributed by atoms with E-state index in [0.29, 0.717) is 42.1 Å². The first-order valence-electron chi connectivity index (χ1n) is 14.3. The van der Waals surface area contributed by atoms with Crippen LogP contribution in [0.3, 0.4) is 0 Å². The lowest BCUT2D eigenvalue weighted by atomic mass is 9.84. The minimum atomic E-state index is -0.807. The van der Waals surface area contributed by atoms with Crippen LogP contribution >= 0.6 is 11.6 Å². The monoisotopic (exact) mass is 595 g/mol. The van der Waals surface area contributed by atoms with E-state index in [0.717, 1.165) is 17.1 Å². The molecule has 1 amide bonds. The van der Waals surface area contributed by atoms with Crippen LogP contribution in [0.5, 0.6) is 0 Å². The molecule has 2 aromatic carbocycles. The number of ether oxygens (including phenoxy) is 1. The summed E-state index contributed by atoms with van der Waals surface area (Å²) in [7, 11) is 1.68. The van der Waals surface area contributed by atoms with Crippen LogP contribution in [-0.4, -0.2) is 35.0 Å². The van der Waals surface area contributed by atoms with Gasteiger partial charge >= 0.3 is 0 Å². The van der Waals surface area contributed by atoms with Crippen LogP contribution in [0.1, 0.15) is 80.2 Å². The first kappa shape index (κ1) is 36.6. The van der Waals surface area contributed by atoms with Crippen LogP contribution in [0.4, 0.5) is 5.69 Å². The highest BCUT2D eigenvalue weighted by atomic mass is 35.5. The highest BCUT2D eigenvalue weighted by molar-refractivity contribution is 6.30. The molecule has 0 radical (unpaired) electrons. The van der Waals surface area contributed by atoms with Gasteiger partial charge in [-0.2, -0.15) is 5.26 Å². The van der Waals surface area contributed by atoms with Crippen LogP contribution in [0.2, 0.25) is 5.02 Å². The van der Waals surface area contributed by atoms with Gasteiger partial charge in [0.1, 0.15) is 6.29 Å². The summed E-state index contributed by atoms with van der Waals surface area (Å²) in [6.07, 6.45) is 4.31. The van der Waals surface area contributed by atoms with Crippen molar-refractivity contribution in [2.45, 2.75) is 92.4 Å². The van der Waals surface area contributed by atoms with Crippen molar-refractivity contribution in [1.29, 1.82) is 5.26 Å². The first-order chi connectivity index (χ1) is 19.6. The van der Waals surface area contributed by atoms with Gasteiger partial charge in [-0.15, -0.1) is 0 Å². The second-order valence-corrected chi connectivity index (χ2v) is 10.6. The molecule has 0 N–H and O–H groups in total. The second kappa shape index (κ2) is 16.2. The van der Waals surface area contributed by atoms with E-state index in [9.17, 15) is 19.6 Å². The van der Waals surface area contributed by atoms with E-state index < -0.39 is 17.1 Å². The molecule has 1 fully saturated rings. The molecule has 0 saturated carbocycles. The van der Waals surface area contributed by atoms with Gasteiger partial charge in [-0.05, 0) is 51.3 Å². The number of nitrogens with zero attached hydrogens (tertiary/aromatic N) is 3. The zero-order valence-electron chi connectivity index (χ0n) is 25.2. The number of carbonyl (C=O) groups excluding carboxylic acids is 2. The molecule has 1 saturated heterocycles. The number of fused-ring (bicyclic) bond motifs is 1. The fourth-order valence-electron chi connectivity index (χ4n) is 5.19. The molecular formula is C34H46ClN3O4. The summed E-state index contributed by atoms with van der Waals surface area (Å²) < 4.78 is 8.04. The minimum absolute atomic E-state index is 0. The van der Waals surface area contributed by atoms with Crippen LogP contribution in [-0.2, 0) is 20.9 Å². The summed E-state index contributed by atoms with van der Waals surface area (Å²) >= 11 is 6.04. The molecular weight excluding hydrogens is 550 g/mol. The molecule has 0 bridgehead atoms. The molecule has 0 aliphatic carbocycles. The van der Waals surface area contributed by atoms with E-state index in [1.807, 2.05) is 65.8 Å². The number of pyridine rings is 1. The van der Waals surface area contributed by atoms with Crippen molar-refractivity contribution in [1.82, 2.24) is 4.57 Å². The number of rotatable bonds is 8. The molecule has 1 aliphatic heterocycles. The zero-order chi connectivity index (χ0) is 30.8. The van der Waals surface area contributed by atoms with Crippen molar-refractivity contribution in [3.8, 4) is 6.07 Å². The Labute approximate surface area is 256 Å². The van der Waals surface area contributed by atoms with Crippen LogP contribution in [0, 0.1) is 17.2 Å². The third-order valence-corrected chi connectivity index (χ3v) is 7.78. The van der Waals surface area contributed by atoms with Gasteiger partial charge in [-0.1, -0.05) is 71.0 Å². The zero-order valence-corrected chi connectivity index (χ0v) is 26.0. The number of carbonyl (C=O) groups is 2. The molecule has 3 atom stereocenters. The third-order valence-electron chi connectivity index (χ3n) is 7.56. The van der Waals surface area contributed by atoms with Crippen molar-refractivity contribution in [2.24, 2.45) is 5.92 Å². The standard InChI is InChI=1S/C29H30ClN3O4.2C2H6.CH4/c1-28(14-15-33-18-22(30)9-11-26(33)35)12-13-29(2,37-28)21(19-34)16-27(36)32(3)25-10-8-20(17-31)23-6-4-5-7-24(23)25;2*1-2;/h4-11,18-19,21H,12-16H2,1-3H3;2*1-2H3;1H4. The average Bonchev–Trinajstić information content (AvgIpc) is 3.32. The van der Waals surface area contributed by atoms with Gasteiger partial charge in [0.05, 0.1) is 39.5 Å². The van der Waals surface area contributed by atoms with Crippen molar-refractivity contribution < 1.29 is 14.3 Å². The Morgan fingerprint density at radius 2 is 1.74 bits per heavy atom. The SMILES string of the molecule is C.CC.CC.CN(C(=O)CC(C=O)C1(C)CCC(C)(CCn2cc(Cl)ccc2=O)O1)c1ccc(C#N)c2ccccc12. The van der Waals surface area contributed by atoms with Crippen molar-refractivity contribution in [2.75, 3.05) is 11.9 Å². The largest absolute Gasteiger partial charge is 0.368 e. The van der Waals surface area contributed by atoms with Gasteiger partial charge in [0.25, 0.3) is 5.56 Å².